The first kappa shape index (κ1) is 15.0. The zero-order valence-corrected chi connectivity index (χ0v) is 12.2. The lowest BCUT2D eigenvalue weighted by atomic mass is 10.1. The summed E-state index contributed by atoms with van der Waals surface area (Å²) in [6, 6.07) is 10.2. The molecular weight excluding hydrogens is 309 g/mol. The highest BCUT2D eigenvalue weighted by atomic mass is 35.5. The van der Waals surface area contributed by atoms with Crippen LogP contribution in [0.25, 0.3) is 6.08 Å². The summed E-state index contributed by atoms with van der Waals surface area (Å²) in [4.78, 5) is 16.0. The first-order valence-corrected chi connectivity index (χ1v) is 6.64. The molecule has 1 amide bonds. The minimum atomic E-state index is -0.564. The molecule has 4 nitrogen and oxygen atoms in total. The average molecular weight is 318 g/mol. The second kappa shape index (κ2) is 6.89. The number of nitriles is 1. The van der Waals surface area contributed by atoms with Gasteiger partial charge in [0.25, 0.3) is 5.91 Å². The number of hydrogen-bond donors (Lipinski definition) is 1. The molecule has 0 aliphatic heterocycles. The summed E-state index contributed by atoms with van der Waals surface area (Å²) in [6.07, 6.45) is 4.60. The molecule has 21 heavy (non-hydrogen) atoms. The molecule has 0 fully saturated rings. The van der Waals surface area contributed by atoms with Crippen molar-refractivity contribution in [1.82, 2.24) is 4.98 Å². The van der Waals surface area contributed by atoms with Gasteiger partial charge in [-0.1, -0.05) is 35.3 Å². The maximum Gasteiger partial charge on any atom is 0.266 e. The van der Waals surface area contributed by atoms with Crippen molar-refractivity contribution in [1.29, 1.82) is 5.26 Å². The molecule has 104 valence electrons. The van der Waals surface area contributed by atoms with Crippen molar-refractivity contribution in [2.45, 2.75) is 0 Å². The zero-order valence-electron chi connectivity index (χ0n) is 10.7. The minimum absolute atomic E-state index is 0.0564. The molecule has 0 aliphatic rings. The van der Waals surface area contributed by atoms with Crippen LogP contribution >= 0.6 is 23.2 Å². The van der Waals surface area contributed by atoms with Crippen LogP contribution in [0.2, 0.25) is 10.0 Å². The lowest BCUT2D eigenvalue weighted by molar-refractivity contribution is -0.112. The molecule has 1 N–H and O–H groups in total. The van der Waals surface area contributed by atoms with Crippen LogP contribution in [0.15, 0.2) is 48.3 Å². The van der Waals surface area contributed by atoms with Crippen molar-refractivity contribution in [3.63, 3.8) is 0 Å². The van der Waals surface area contributed by atoms with Gasteiger partial charge in [0.05, 0.1) is 15.7 Å². The Hall–Kier alpha value is -2.35. The van der Waals surface area contributed by atoms with Gasteiger partial charge < -0.3 is 5.32 Å². The molecule has 0 saturated heterocycles. The Labute approximate surface area is 131 Å². The minimum Gasteiger partial charge on any atom is -0.320 e. The first-order valence-electron chi connectivity index (χ1n) is 5.89. The van der Waals surface area contributed by atoms with Gasteiger partial charge in [-0.25, -0.2) is 0 Å². The maximum absolute atomic E-state index is 12.1. The Kier molecular flexibility index (Phi) is 4.94. The highest BCUT2D eigenvalue weighted by Crippen LogP contribution is 2.29. The smallest absolute Gasteiger partial charge is 0.266 e. The summed E-state index contributed by atoms with van der Waals surface area (Å²) in [5.74, 6) is -0.564. The van der Waals surface area contributed by atoms with Crippen molar-refractivity contribution in [3.05, 3.63) is 63.9 Å². The Morgan fingerprint density at radius 1 is 1.29 bits per heavy atom. The van der Waals surface area contributed by atoms with Crippen LogP contribution in [-0.4, -0.2) is 10.9 Å². The van der Waals surface area contributed by atoms with Crippen LogP contribution < -0.4 is 5.32 Å². The molecule has 0 unspecified atom stereocenters. The van der Waals surface area contributed by atoms with Crippen molar-refractivity contribution >= 4 is 40.9 Å². The summed E-state index contributed by atoms with van der Waals surface area (Å²) in [6.45, 7) is 0. The Morgan fingerprint density at radius 2 is 2.10 bits per heavy atom. The fourth-order valence-electron chi connectivity index (χ4n) is 1.57. The number of carbonyl (C=O) groups excluding carboxylic acids is 1. The third-order valence-electron chi connectivity index (χ3n) is 2.56. The van der Waals surface area contributed by atoms with Crippen molar-refractivity contribution < 1.29 is 4.79 Å². The van der Waals surface area contributed by atoms with Gasteiger partial charge >= 0.3 is 0 Å². The van der Waals surface area contributed by atoms with E-state index in [4.69, 9.17) is 28.5 Å². The summed E-state index contributed by atoms with van der Waals surface area (Å²) in [7, 11) is 0. The third kappa shape index (κ3) is 3.82. The number of anilines is 1. The van der Waals surface area contributed by atoms with Gasteiger partial charge in [0, 0.05) is 12.4 Å². The maximum atomic E-state index is 12.1. The molecule has 0 atom stereocenters. The number of carbonyl (C=O) groups is 1. The average Bonchev–Trinajstić information content (AvgIpc) is 2.50. The summed E-state index contributed by atoms with van der Waals surface area (Å²) < 4.78 is 0. The highest BCUT2D eigenvalue weighted by Gasteiger charge is 2.12. The molecule has 0 radical (unpaired) electrons. The van der Waals surface area contributed by atoms with E-state index in [9.17, 15) is 4.79 Å². The van der Waals surface area contributed by atoms with Crippen molar-refractivity contribution in [2.24, 2.45) is 0 Å². The number of amides is 1. The lowest BCUT2D eigenvalue weighted by Crippen LogP contribution is -2.13. The van der Waals surface area contributed by atoms with Gasteiger partial charge in [0.15, 0.2) is 0 Å². The molecule has 2 rings (SSSR count). The molecule has 0 saturated carbocycles. The fraction of sp³-hybridized carbons (Fsp3) is 0. The first-order chi connectivity index (χ1) is 10.1. The Morgan fingerprint density at radius 3 is 2.76 bits per heavy atom. The highest BCUT2D eigenvalue weighted by molar-refractivity contribution is 6.44. The SMILES string of the molecule is N#C/C(=C/c1cccnc1)C(=O)Nc1cccc(Cl)c1Cl. The van der Waals surface area contributed by atoms with Crippen LogP contribution in [0.4, 0.5) is 5.69 Å². The molecular formula is C15H9Cl2N3O. The van der Waals surface area contributed by atoms with E-state index in [1.54, 1.807) is 42.7 Å². The predicted octanol–water partition coefficient (Wildman–Crippen LogP) is 3.93. The molecule has 1 aromatic heterocycles. The van der Waals surface area contributed by atoms with E-state index >= 15 is 0 Å². The van der Waals surface area contributed by atoms with Crippen LogP contribution in [-0.2, 0) is 4.79 Å². The van der Waals surface area contributed by atoms with Crippen LogP contribution in [0.1, 0.15) is 5.56 Å². The van der Waals surface area contributed by atoms with E-state index in [1.165, 1.54) is 6.08 Å². The number of hydrogen-bond acceptors (Lipinski definition) is 3. The molecule has 2 aromatic rings. The molecule has 1 heterocycles. The lowest BCUT2D eigenvalue weighted by Gasteiger charge is -2.07. The molecule has 0 spiro atoms. The van der Waals surface area contributed by atoms with Gasteiger partial charge in [-0.05, 0) is 29.8 Å². The Balaban J connectivity index is 2.24. The molecule has 1 aromatic carbocycles. The topological polar surface area (TPSA) is 65.8 Å². The van der Waals surface area contributed by atoms with Gasteiger partial charge in [0.1, 0.15) is 11.6 Å². The van der Waals surface area contributed by atoms with E-state index in [0.717, 1.165) is 0 Å². The standard InChI is InChI=1S/C15H9Cl2N3O/c16-12-4-1-5-13(14(12)17)20-15(21)11(8-18)7-10-3-2-6-19-9-10/h1-7,9H,(H,20,21)/b11-7-. The van der Waals surface area contributed by atoms with Crippen molar-refractivity contribution in [2.75, 3.05) is 5.32 Å². The molecule has 0 aliphatic carbocycles. The summed E-state index contributed by atoms with van der Waals surface area (Å²) in [5.41, 5.74) is 0.946. The van der Waals surface area contributed by atoms with Crippen LogP contribution in [0, 0.1) is 11.3 Å². The quantitative estimate of drug-likeness (QED) is 0.689. The van der Waals surface area contributed by atoms with Gasteiger partial charge in [0.2, 0.25) is 0 Å². The number of pyridine rings is 1. The molecule has 6 heteroatoms. The Bertz CT molecular complexity index is 736. The zero-order chi connectivity index (χ0) is 15.2. The monoisotopic (exact) mass is 317 g/mol. The third-order valence-corrected chi connectivity index (χ3v) is 3.38. The van der Waals surface area contributed by atoms with E-state index in [2.05, 4.69) is 10.3 Å². The van der Waals surface area contributed by atoms with Gasteiger partial charge in [-0.2, -0.15) is 5.26 Å². The van der Waals surface area contributed by atoms with Gasteiger partial charge in [-0.15, -0.1) is 0 Å². The van der Waals surface area contributed by atoms with Crippen molar-refractivity contribution in [3.8, 4) is 6.07 Å². The number of rotatable bonds is 3. The van der Waals surface area contributed by atoms with E-state index in [-0.39, 0.29) is 10.6 Å². The predicted molar refractivity (Wildman–Crippen MR) is 82.9 cm³/mol. The normalized spacial score (nSPS) is 10.8. The van der Waals surface area contributed by atoms with E-state index in [1.807, 2.05) is 6.07 Å². The summed E-state index contributed by atoms with van der Waals surface area (Å²) in [5, 5.41) is 12.2. The van der Waals surface area contributed by atoms with Crippen LogP contribution in [0.5, 0.6) is 0 Å². The molecule has 0 bridgehead atoms. The number of benzene rings is 1. The number of nitrogens with zero attached hydrogens (tertiary/aromatic N) is 2. The van der Waals surface area contributed by atoms with E-state index < -0.39 is 5.91 Å². The number of aromatic nitrogens is 1. The van der Waals surface area contributed by atoms with Crippen LogP contribution in [0.3, 0.4) is 0 Å². The number of halogens is 2. The fourth-order valence-corrected chi connectivity index (χ4v) is 1.91. The van der Waals surface area contributed by atoms with Gasteiger partial charge in [-0.3, -0.25) is 9.78 Å². The largest absolute Gasteiger partial charge is 0.320 e. The second-order valence-corrected chi connectivity index (χ2v) is 4.80. The number of nitrogens with one attached hydrogen (secondary N) is 1. The summed E-state index contributed by atoms with van der Waals surface area (Å²) >= 11 is 11.9. The second-order valence-electron chi connectivity index (χ2n) is 4.01. The van der Waals surface area contributed by atoms with E-state index in [0.29, 0.717) is 16.3 Å².